The van der Waals surface area contributed by atoms with Gasteiger partial charge >= 0.3 is 0 Å². The molecule has 1 N–H and O–H groups in total. The highest BCUT2D eigenvalue weighted by Crippen LogP contribution is 2.29. The van der Waals surface area contributed by atoms with E-state index in [1.807, 2.05) is 12.3 Å². The van der Waals surface area contributed by atoms with Crippen molar-refractivity contribution in [1.29, 1.82) is 0 Å². The Morgan fingerprint density at radius 1 is 1.45 bits per heavy atom. The number of sulfonamides is 1. The smallest absolute Gasteiger partial charge is 0.244 e. The van der Waals surface area contributed by atoms with Gasteiger partial charge < -0.3 is 9.73 Å². The van der Waals surface area contributed by atoms with E-state index < -0.39 is 10.0 Å². The van der Waals surface area contributed by atoms with Gasteiger partial charge in [0.15, 0.2) is 0 Å². The Kier molecular flexibility index (Phi) is 4.64. The van der Waals surface area contributed by atoms with Gasteiger partial charge in [-0.15, -0.1) is 11.3 Å². The summed E-state index contributed by atoms with van der Waals surface area (Å²) in [6.45, 7) is 2.67. The minimum absolute atomic E-state index is 0.299. The Hall–Kier alpha value is -1.15. The van der Waals surface area contributed by atoms with E-state index >= 15 is 0 Å². The van der Waals surface area contributed by atoms with E-state index in [2.05, 4.69) is 5.32 Å². The summed E-state index contributed by atoms with van der Waals surface area (Å²) in [6, 6.07) is 1.76. The first-order valence-corrected chi connectivity index (χ1v) is 8.47. The maximum absolute atomic E-state index is 12.7. The number of aryl methyl sites for hydroxylation is 1. The molecule has 0 saturated carbocycles. The van der Waals surface area contributed by atoms with Crippen molar-refractivity contribution >= 4 is 21.4 Å². The third-order valence-corrected chi connectivity index (χ3v) is 6.25. The van der Waals surface area contributed by atoms with Crippen LogP contribution < -0.4 is 5.32 Å². The number of thiophene rings is 1. The molecule has 5 nitrogen and oxygen atoms in total. The number of furan rings is 1. The molecule has 0 aliphatic carbocycles. The fourth-order valence-corrected chi connectivity index (χ4v) is 4.92. The van der Waals surface area contributed by atoms with Crippen LogP contribution in [0.25, 0.3) is 0 Å². The molecule has 0 fully saturated rings. The normalized spacial score (nSPS) is 12.2. The molecule has 0 aliphatic rings. The molecule has 0 radical (unpaired) electrons. The summed E-state index contributed by atoms with van der Waals surface area (Å²) in [5, 5.41) is 4.89. The van der Waals surface area contributed by atoms with Crippen molar-refractivity contribution in [2.75, 3.05) is 14.1 Å². The second-order valence-electron chi connectivity index (χ2n) is 4.59. The number of nitrogens with one attached hydrogen (secondary N) is 1. The second kappa shape index (κ2) is 6.09. The SMILES string of the molecule is CNCc1scc(C)c1S(=O)(=O)N(C)Cc1ccoc1. The molecular weight excluding hydrogens is 296 g/mol. The van der Waals surface area contributed by atoms with E-state index in [9.17, 15) is 8.42 Å². The molecule has 0 spiro atoms. The van der Waals surface area contributed by atoms with Gasteiger partial charge in [0.05, 0.1) is 12.5 Å². The van der Waals surface area contributed by atoms with Gasteiger partial charge in [-0.2, -0.15) is 4.31 Å². The molecule has 110 valence electrons. The highest BCUT2D eigenvalue weighted by Gasteiger charge is 2.27. The van der Waals surface area contributed by atoms with Gasteiger partial charge in [-0.05, 0) is 31.0 Å². The first-order valence-electron chi connectivity index (χ1n) is 6.15. The van der Waals surface area contributed by atoms with Crippen LogP contribution in [-0.4, -0.2) is 26.8 Å². The predicted molar refractivity (Wildman–Crippen MR) is 79.2 cm³/mol. The zero-order valence-corrected chi connectivity index (χ0v) is 13.3. The summed E-state index contributed by atoms with van der Waals surface area (Å²) >= 11 is 1.47. The molecule has 0 saturated heterocycles. The van der Waals surface area contributed by atoms with Gasteiger partial charge in [0, 0.05) is 30.6 Å². The van der Waals surface area contributed by atoms with Gasteiger partial charge in [0.1, 0.15) is 4.90 Å². The Morgan fingerprint density at radius 3 is 2.80 bits per heavy atom. The Morgan fingerprint density at radius 2 is 2.20 bits per heavy atom. The lowest BCUT2D eigenvalue weighted by atomic mass is 10.3. The molecule has 0 unspecified atom stereocenters. The molecule has 2 rings (SSSR count). The summed E-state index contributed by atoms with van der Waals surface area (Å²) in [5.74, 6) is 0. The van der Waals surface area contributed by atoms with Gasteiger partial charge in [0.2, 0.25) is 10.0 Å². The predicted octanol–water partition coefficient (Wildman–Crippen LogP) is 2.19. The summed E-state index contributed by atoms with van der Waals surface area (Å²) in [4.78, 5) is 1.26. The maximum Gasteiger partial charge on any atom is 0.244 e. The lowest BCUT2D eigenvalue weighted by Gasteiger charge is -2.17. The quantitative estimate of drug-likeness (QED) is 0.888. The third kappa shape index (κ3) is 2.95. The van der Waals surface area contributed by atoms with Gasteiger partial charge in [-0.1, -0.05) is 0 Å². The summed E-state index contributed by atoms with van der Waals surface area (Å²) in [5.41, 5.74) is 1.62. The van der Waals surface area contributed by atoms with Crippen LogP contribution in [0.1, 0.15) is 16.0 Å². The molecular formula is C13H18N2O3S2. The highest BCUT2D eigenvalue weighted by atomic mass is 32.2. The van der Waals surface area contributed by atoms with Crippen LogP contribution in [0.2, 0.25) is 0 Å². The molecule has 0 bridgehead atoms. The first kappa shape index (κ1) is 15.2. The zero-order chi connectivity index (χ0) is 14.8. The maximum atomic E-state index is 12.7. The van der Waals surface area contributed by atoms with Crippen molar-refractivity contribution in [3.8, 4) is 0 Å². The number of hydrogen-bond donors (Lipinski definition) is 1. The van der Waals surface area contributed by atoms with Crippen molar-refractivity contribution in [2.45, 2.75) is 24.9 Å². The van der Waals surface area contributed by atoms with Crippen LogP contribution in [0.4, 0.5) is 0 Å². The fraction of sp³-hybridized carbons (Fsp3) is 0.385. The number of hydrogen-bond acceptors (Lipinski definition) is 5. The van der Waals surface area contributed by atoms with Crippen LogP contribution in [0.5, 0.6) is 0 Å². The van der Waals surface area contributed by atoms with Crippen molar-refractivity contribution in [1.82, 2.24) is 9.62 Å². The van der Waals surface area contributed by atoms with Crippen molar-refractivity contribution < 1.29 is 12.8 Å². The molecule has 0 atom stereocenters. The van der Waals surface area contributed by atoms with E-state index in [1.54, 1.807) is 26.4 Å². The molecule has 2 aromatic heterocycles. The van der Waals surface area contributed by atoms with E-state index in [-0.39, 0.29) is 0 Å². The molecule has 0 aliphatic heterocycles. The Labute approximate surface area is 123 Å². The van der Waals surface area contributed by atoms with Crippen molar-refractivity contribution in [2.24, 2.45) is 0 Å². The van der Waals surface area contributed by atoms with Crippen LogP contribution in [0.15, 0.2) is 33.3 Å². The van der Waals surface area contributed by atoms with Gasteiger partial charge in [-0.25, -0.2) is 8.42 Å². The molecule has 2 heterocycles. The van der Waals surface area contributed by atoms with Gasteiger partial charge in [0.25, 0.3) is 0 Å². The minimum atomic E-state index is -3.49. The largest absolute Gasteiger partial charge is 0.472 e. The Bertz CT molecular complexity index is 660. The van der Waals surface area contributed by atoms with Crippen molar-refractivity contribution in [3.05, 3.63) is 40.0 Å². The van der Waals surface area contributed by atoms with Crippen molar-refractivity contribution in [3.63, 3.8) is 0 Å². The average molecular weight is 314 g/mol. The second-order valence-corrected chi connectivity index (χ2v) is 7.54. The van der Waals surface area contributed by atoms with Crippen LogP contribution >= 0.6 is 11.3 Å². The summed E-state index contributed by atoms with van der Waals surface area (Å²) in [7, 11) is -0.101. The van der Waals surface area contributed by atoms with Crippen LogP contribution in [0.3, 0.4) is 0 Å². The standard InChI is InChI=1S/C13H18N2O3S2/c1-10-9-19-12(6-14-2)13(10)20(16,17)15(3)7-11-4-5-18-8-11/h4-5,8-9,14H,6-7H2,1-3H3. The topological polar surface area (TPSA) is 62.6 Å². The van der Waals surface area contributed by atoms with E-state index in [0.29, 0.717) is 18.0 Å². The minimum Gasteiger partial charge on any atom is -0.472 e. The summed E-state index contributed by atoms with van der Waals surface area (Å²) in [6.07, 6.45) is 3.10. The number of nitrogens with zero attached hydrogens (tertiary/aromatic N) is 1. The van der Waals surface area contributed by atoms with E-state index in [1.165, 1.54) is 21.9 Å². The average Bonchev–Trinajstić information content (AvgIpc) is 3.00. The Balaban J connectivity index is 2.32. The van der Waals surface area contributed by atoms with E-state index in [4.69, 9.17) is 4.42 Å². The zero-order valence-electron chi connectivity index (χ0n) is 11.7. The molecule has 2 aromatic rings. The van der Waals surface area contributed by atoms with E-state index in [0.717, 1.165) is 16.0 Å². The lowest BCUT2D eigenvalue weighted by Crippen LogP contribution is -2.27. The summed E-state index contributed by atoms with van der Waals surface area (Å²) < 4.78 is 31.7. The third-order valence-electron chi connectivity index (χ3n) is 2.98. The lowest BCUT2D eigenvalue weighted by molar-refractivity contribution is 0.462. The van der Waals surface area contributed by atoms with Crippen LogP contribution in [-0.2, 0) is 23.1 Å². The van der Waals surface area contributed by atoms with Gasteiger partial charge in [-0.3, -0.25) is 0 Å². The molecule has 0 amide bonds. The highest BCUT2D eigenvalue weighted by molar-refractivity contribution is 7.89. The molecule has 0 aromatic carbocycles. The number of rotatable bonds is 6. The first-order chi connectivity index (χ1) is 9.46. The monoisotopic (exact) mass is 314 g/mol. The fourth-order valence-electron chi connectivity index (χ4n) is 2.00. The molecule has 7 heteroatoms. The molecule has 20 heavy (non-hydrogen) atoms. The van der Waals surface area contributed by atoms with Crippen LogP contribution in [0, 0.1) is 6.92 Å².